The van der Waals surface area contributed by atoms with Gasteiger partial charge in [0.05, 0.1) is 11.4 Å². The van der Waals surface area contributed by atoms with Crippen LogP contribution in [0.2, 0.25) is 0 Å². The summed E-state index contributed by atoms with van der Waals surface area (Å²) in [5.41, 5.74) is 0. The Bertz CT molecular complexity index is 422. The molecule has 15 heavy (non-hydrogen) atoms. The van der Waals surface area contributed by atoms with Crippen molar-refractivity contribution in [2.45, 2.75) is 44.2 Å². The summed E-state index contributed by atoms with van der Waals surface area (Å²) in [7, 11) is -3.40. The maximum atomic E-state index is 11.6. The Morgan fingerprint density at radius 1 is 1.27 bits per heavy atom. The van der Waals surface area contributed by atoms with E-state index in [0.29, 0.717) is 0 Å². The second-order valence-electron chi connectivity index (χ2n) is 3.68. The largest absolute Gasteiger partial charge is 0.460 e. The van der Waals surface area contributed by atoms with Gasteiger partial charge in [0.2, 0.25) is 15.0 Å². The van der Waals surface area contributed by atoms with Gasteiger partial charge in [-0.05, 0) is 27.7 Å². The molecule has 0 aliphatic heterocycles. The van der Waals surface area contributed by atoms with Crippen LogP contribution in [0.1, 0.15) is 27.7 Å². The Morgan fingerprint density at radius 2 is 1.87 bits per heavy atom. The highest BCUT2D eigenvalue weighted by atomic mass is 32.2. The number of rotatable bonds is 4. The third-order valence-corrected chi connectivity index (χ3v) is 3.64. The molecule has 86 valence electrons. The average molecular weight is 233 g/mol. The smallest absolute Gasteiger partial charge is 0.336 e. The lowest BCUT2D eigenvalue weighted by molar-refractivity contribution is 0.222. The SMILES string of the molecule is CC(C)Oc1n[nH]c(S(=O)(=O)C(C)C)n1. The molecule has 0 bridgehead atoms. The van der Waals surface area contributed by atoms with E-state index in [4.69, 9.17) is 4.74 Å². The number of aromatic amines is 1. The summed E-state index contributed by atoms with van der Waals surface area (Å²) in [5, 5.41) is 5.35. The highest BCUT2D eigenvalue weighted by Crippen LogP contribution is 2.13. The van der Waals surface area contributed by atoms with Crippen molar-refractivity contribution < 1.29 is 13.2 Å². The Labute approximate surface area is 89.0 Å². The molecule has 7 heteroatoms. The highest BCUT2D eigenvalue weighted by Gasteiger charge is 2.24. The summed E-state index contributed by atoms with van der Waals surface area (Å²) in [4.78, 5) is 3.77. The van der Waals surface area contributed by atoms with Crippen LogP contribution in [0, 0.1) is 0 Å². The van der Waals surface area contributed by atoms with E-state index in [2.05, 4.69) is 15.2 Å². The first-order valence-electron chi connectivity index (χ1n) is 4.67. The normalized spacial score (nSPS) is 12.4. The third-order valence-electron chi connectivity index (χ3n) is 1.68. The molecule has 0 atom stereocenters. The van der Waals surface area contributed by atoms with Gasteiger partial charge in [0.15, 0.2) is 0 Å². The first-order chi connectivity index (χ1) is 6.84. The standard InChI is InChI=1S/C8H15N3O3S/c1-5(2)14-7-9-8(11-10-7)15(12,13)6(3)4/h5-6H,1-4H3,(H,9,10,11). The van der Waals surface area contributed by atoms with E-state index in [1.807, 2.05) is 13.8 Å². The number of H-pyrrole nitrogens is 1. The molecular weight excluding hydrogens is 218 g/mol. The molecule has 0 spiro atoms. The van der Waals surface area contributed by atoms with Crippen molar-refractivity contribution in [3.63, 3.8) is 0 Å². The van der Waals surface area contributed by atoms with Gasteiger partial charge in [-0.1, -0.05) is 0 Å². The van der Waals surface area contributed by atoms with Crippen LogP contribution in [-0.4, -0.2) is 35.0 Å². The van der Waals surface area contributed by atoms with Crippen LogP contribution in [0.15, 0.2) is 5.16 Å². The van der Waals surface area contributed by atoms with Crippen molar-refractivity contribution in [1.82, 2.24) is 15.2 Å². The zero-order valence-corrected chi connectivity index (χ0v) is 10.00. The van der Waals surface area contributed by atoms with Crippen molar-refractivity contribution in [3.05, 3.63) is 0 Å². The van der Waals surface area contributed by atoms with Gasteiger partial charge in [0.1, 0.15) is 0 Å². The van der Waals surface area contributed by atoms with Crippen molar-refractivity contribution >= 4 is 9.84 Å². The molecule has 0 saturated heterocycles. The fourth-order valence-electron chi connectivity index (χ4n) is 0.847. The molecule has 0 aliphatic carbocycles. The van der Waals surface area contributed by atoms with E-state index < -0.39 is 15.1 Å². The zero-order valence-electron chi connectivity index (χ0n) is 9.18. The first-order valence-corrected chi connectivity index (χ1v) is 6.21. The second-order valence-corrected chi connectivity index (χ2v) is 6.10. The summed E-state index contributed by atoms with van der Waals surface area (Å²) in [5.74, 6) is 0. The monoisotopic (exact) mass is 233 g/mol. The number of sulfone groups is 1. The van der Waals surface area contributed by atoms with Crippen LogP contribution in [-0.2, 0) is 9.84 Å². The minimum atomic E-state index is -3.40. The van der Waals surface area contributed by atoms with Gasteiger partial charge in [-0.25, -0.2) is 13.5 Å². The molecule has 0 radical (unpaired) electrons. The van der Waals surface area contributed by atoms with Crippen molar-refractivity contribution in [2.24, 2.45) is 0 Å². The minimum Gasteiger partial charge on any atom is -0.460 e. The number of hydrogen-bond acceptors (Lipinski definition) is 5. The Hall–Kier alpha value is -1.11. The summed E-state index contributed by atoms with van der Waals surface area (Å²) < 4.78 is 28.4. The van der Waals surface area contributed by atoms with Crippen molar-refractivity contribution in [1.29, 1.82) is 0 Å². The lowest BCUT2D eigenvalue weighted by Gasteiger charge is -2.03. The summed E-state index contributed by atoms with van der Waals surface area (Å²) in [6.07, 6.45) is -0.0876. The van der Waals surface area contributed by atoms with Crippen LogP contribution in [0.3, 0.4) is 0 Å². The molecule has 0 aromatic carbocycles. The van der Waals surface area contributed by atoms with Gasteiger partial charge in [-0.2, -0.15) is 4.98 Å². The van der Waals surface area contributed by atoms with Gasteiger partial charge < -0.3 is 4.74 Å². The maximum absolute atomic E-state index is 11.6. The molecule has 1 aromatic rings. The molecule has 0 amide bonds. The lowest BCUT2D eigenvalue weighted by atomic mass is 10.5. The molecule has 0 unspecified atom stereocenters. The predicted octanol–water partition coefficient (Wildman–Crippen LogP) is 0.774. The second kappa shape index (κ2) is 4.18. The number of nitrogens with zero attached hydrogens (tertiary/aromatic N) is 2. The number of ether oxygens (including phenoxy) is 1. The molecule has 0 aliphatic rings. The van der Waals surface area contributed by atoms with Gasteiger partial charge in [0, 0.05) is 0 Å². The van der Waals surface area contributed by atoms with Crippen molar-refractivity contribution in [3.8, 4) is 6.01 Å². The fraction of sp³-hybridized carbons (Fsp3) is 0.750. The number of aromatic nitrogens is 3. The van der Waals surface area contributed by atoms with E-state index in [1.165, 1.54) is 0 Å². The van der Waals surface area contributed by atoms with Crippen LogP contribution < -0.4 is 4.74 Å². The van der Waals surface area contributed by atoms with Gasteiger partial charge in [0.25, 0.3) is 0 Å². The van der Waals surface area contributed by atoms with Crippen molar-refractivity contribution in [2.75, 3.05) is 0 Å². The number of hydrogen-bond donors (Lipinski definition) is 1. The van der Waals surface area contributed by atoms with Gasteiger partial charge in [-0.3, -0.25) is 0 Å². The molecule has 1 rings (SSSR count). The third kappa shape index (κ3) is 2.68. The molecule has 0 saturated carbocycles. The summed E-state index contributed by atoms with van der Waals surface area (Å²) in [6, 6.07) is 0.0595. The Kier molecular flexibility index (Phi) is 3.33. The Morgan fingerprint density at radius 3 is 2.33 bits per heavy atom. The van der Waals surface area contributed by atoms with Crippen LogP contribution in [0.5, 0.6) is 6.01 Å². The fourth-order valence-corrected chi connectivity index (χ4v) is 1.67. The van der Waals surface area contributed by atoms with Crippen LogP contribution in [0.4, 0.5) is 0 Å². The van der Waals surface area contributed by atoms with E-state index in [9.17, 15) is 8.42 Å². The lowest BCUT2D eigenvalue weighted by Crippen LogP contribution is -2.15. The topological polar surface area (TPSA) is 84.9 Å². The van der Waals surface area contributed by atoms with Gasteiger partial charge >= 0.3 is 6.01 Å². The van der Waals surface area contributed by atoms with E-state index in [0.717, 1.165) is 0 Å². The quantitative estimate of drug-likeness (QED) is 0.830. The van der Waals surface area contributed by atoms with E-state index in [-0.39, 0.29) is 17.3 Å². The van der Waals surface area contributed by atoms with Crippen LogP contribution in [0.25, 0.3) is 0 Å². The molecule has 1 heterocycles. The molecule has 6 nitrogen and oxygen atoms in total. The predicted molar refractivity (Wildman–Crippen MR) is 54.5 cm³/mol. The highest BCUT2D eigenvalue weighted by molar-refractivity contribution is 7.91. The average Bonchev–Trinajstić information content (AvgIpc) is 2.51. The molecular formula is C8H15N3O3S. The molecule has 1 N–H and O–H groups in total. The van der Waals surface area contributed by atoms with Gasteiger partial charge in [-0.15, -0.1) is 5.10 Å². The maximum Gasteiger partial charge on any atom is 0.336 e. The summed E-state index contributed by atoms with van der Waals surface area (Å²) in [6.45, 7) is 6.79. The zero-order chi connectivity index (χ0) is 11.6. The Balaban J connectivity index is 2.94. The number of nitrogens with one attached hydrogen (secondary N) is 1. The van der Waals surface area contributed by atoms with E-state index in [1.54, 1.807) is 13.8 Å². The summed E-state index contributed by atoms with van der Waals surface area (Å²) >= 11 is 0. The minimum absolute atomic E-state index is 0.0595. The molecule has 0 fully saturated rings. The van der Waals surface area contributed by atoms with E-state index >= 15 is 0 Å². The van der Waals surface area contributed by atoms with Crippen LogP contribution >= 0.6 is 0 Å². The first kappa shape index (κ1) is 12.0. The molecule has 1 aromatic heterocycles.